The summed E-state index contributed by atoms with van der Waals surface area (Å²) in [6.45, 7) is 1.76. The van der Waals surface area contributed by atoms with Crippen LogP contribution in [0.15, 0.2) is 35.4 Å². The van der Waals surface area contributed by atoms with Gasteiger partial charge in [0.05, 0.1) is 41.3 Å². The third kappa shape index (κ3) is 4.46. The van der Waals surface area contributed by atoms with E-state index in [1.807, 2.05) is 6.07 Å². The van der Waals surface area contributed by atoms with Crippen LogP contribution in [0.5, 0.6) is 28.7 Å². The minimum atomic E-state index is -0.425. The van der Waals surface area contributed by atoms with E-state index in [1.54, 1.807) is 45.4 Å². The monoisotopic (exact) mass is 388 g/mol. The van der Waals surface area contributed by atoms with Crippen LogP contribution in [0.25, 0.3) is 0 Å². The number of benzene rings is 2. The zero-order valence-electron chi connectivity index (χ0n) is 16.8. The van der Waals surface area contributed by atoms with Gasteiger partial charge < -0.3 is 23.7 Å². The van der Waals surface area contributed by atoms with Gasteiger partial charge in [0.15, 0.2) is 11.5 Å². The summed E-state index contributed by atoms with van der Waals surface area (Å²) in [5.74, 6) is 1.99. The third-order valence-corrected chi connectivity index (χ3v) is 4.05. The SMILES string of the molecule is COc1ccc(C(C)=NNC(=O)c2cc(OC)c(OC)c(OC)c2)c(OC)c1. The number of rotatable bonds is 8. The Hall–Kier alpha value is -3.42. The number of methoxy groups -OCH3 is 5. The molecule has 2 rings (SSSR count). The predicted molar refractivity (Wildman–Crippen MR) is 105 cm³/mol. The highest BCUT2D eigenvalue weighted by molar-refractivity contribution is 6.03. The van der Waals surface area contributed by atoms with Gasteiger partial charge in [-0.3, -0.25) is 4.79 Å². The fourth-order valence-electron chi connectivity index (χ4n) is 2.57. The zero-order valence-corrected chi connectivity index (χ0v) is 16.8. The van der Waals surface area contributed by atoms with E-state index < -0.39 is 5.91 Å². The highest BCUT2D eigenvalue weighted by Crippen LogP contribution is 2.38. The second-order valence-corrected chi connectivity index (χ2v) is 5.62. The largest absolute Gasteiger partial charge is 0.497 e. The van der Waals surface area contributed by atoms with E-state index in [4.69, 9.17) is 23.7 Å². The summed E-state index contributed by atoms with van der Waals surface area (Å²) in [7, 11) is 7.59. The van der Waals surface area contributed by atoms with Crippen molar-refractivity contribution in [1.29, 1.82) is 0 Å². The molecule has 2 aromatic rings. The lowest BCUT2D eigenvalue weighted by Crippen LogP contribution is -2.19. The molecule has 0 bridgehead atoms. The Morgan fingerprint density at radius 1 is 0.821 bits per heavy atom. The van der Waals surface area contributed by atoms with Crippen molar-refractivity contribution < 1.29 is 28.5 Å². The number of carbonyl (C=O) groups is 1. The summed E-state index contributed by atoms with van der Waals surface area (Å²) in [5.41, 5.74) is 4.14. The van der Waals surface area contributed by atoms with Crippen molar-refractivity contribution in [3.05, 3.63) is 41.5 Å². The molecule has 0 unspecified atom stereocenters. The molecule has 1 N–H and O–H groups in total. The van der Waals surface area contributed by atoms with E-state index in [1.165, 1.54) is 21.3 Å². The molecule has 28 heavy (non-hydrogen) atoms. The van der Waals surface area contributed by atoms with Gasteiger partial charge in [0.1, 0.15) is 11.5 Å². The maximum Gasteiger partial charge on any atom is 0.271 e. The molecular formula is C20H24N2O6. The number of carbonyl (C=O) groups excluding carboxylic acids is 1. The molecule has 0 aromatic heterocycles. The van der Waals surface area contributed by atoms with Crippen molar-refractivity contribution >= 4 is 11.6 Å². The van der Waals surface area contributed by atoms with Crippen LogP contribution in [0.1, 0.15) is 22.8 Å². The number of hydrazone groups is 1. The molecule has 0 heterocycles. The van der Waals surface area contributed by atoms with Gasteiger partial charge in [-0.25, -0.2) is 5.43 Å². The molecule has 0 aliphatic rings. The van der Waals surface area contributed by atoms with Crippen molar-refractivity contribution in [1.82, 2.24) is 5.43 Å². The molecule has 1 amide bonds. The average molecular weight is 388 g/mol. The average Bonchev–Trinajstić information content (AvgIpc) is 2.75. The van der Waals surface area contributed by atoms with Crippen LogP contribution in [-0.2, 0) is 0 Å². The van der Waals surface area contributed by atoms with E-state index >= 15 is 0 Å². The van der Waals surface area contributed by atoms with Crippen LogP contribution in [0.4, 0.5) is 0 Å². The maximum absolute atomic E-state index is 12.5. The Morgan fingerprint density at radius 3 is 1.93 bits per heavy atom. The topological polar surface area (TPSA) is 87.6 Å². The van der Waals surface area contributed by atoms with Crippen molar-refractivity contribution in [3.8, 4) is 28.7 Å². The molecule has 150 valence electrons. The Morgan fingerprint density at radius 2 is 1.43 bits per heavy atom. The van der Waals surface area contributed by atoms with Gasteiger partial charge in [0, 0.05) is 17.2 Å². The molecule has 8 nitrogen and oxygen atoms in total. The van der Waals surface area contributed by atoms with Crippen LogP contribution in [0, 0.1) is 0 Å². The van der Waals surface area contributed by atoms with Gasteiger partial charge in [-0.1, -0.05) is 0 Å². The normalized spacial score (nSPS) is 10.9. The van der Waals surface area contributed by atoms with E-state index in [0.717, 1.165) is 5.56 Å². The molecule has 0 fully saturated rings. The minimum absolute atomic E-state index is 0.313. The first-order valence-corrected chi connectivity index (χ1v) is 8.36. The van der Waals surface area contributed by atoms with Crippen molar-refractivity contribution in [2.24, 2.45) is 5.10 Å². The van der Waals surface area contributed by atoms with E-state index in [2.05, 4.69) is 10.5 Å². The summed E-state index contributed by atoms with van der Waals surface area (Å²) < 4.78 is 26.3. The first-order chi connectivity index (χ1) is 13.5. The number of nitrogens with one attached hydrogen (secondary N) is 1. The molecule has 0 aliphatic carbocycles. The van der Waals surface area contributed by atoms with E-state index in [-0.39, 0.29) is 0 Å². The fraction of sp³-hybridized carbons (Fsp3) is 0.300. The Balaban J connectivity index is 2.28. The minimum Gasteiger partial charge on any atom is -0.497 e. The standard InChI is InChI=1S/C20H24N2O6/c1-12(15-8-7-14(24-2)11-16(15)25-3)21-22-20(23)13-9-17(26-4)19(28-6)18(10-13)27-5/h7-11H,1-6H3,(H,22,23). The lowest BCUT2D eigenvalue weighted by molar-refractivity contribution is 0.0954. The van der Waals surface area contributed by atoms with Gasteiger partial charge in [-0.15, -0.1) is 0 Å². The van der Waals surface area contributed by atoms with Gasteiger partial charge in [-0.05, 0) is 31.2 Å². The smallest absolute Gasteiger partial charge is 0.271 e. The van der Waals surface area contributed by atoms with Crippen molar-refractivity contribution in [2.45, 2.75) is 6.92 Å². The Kier molecular flexibility index (Phi) is 7.08. The third-order valence-electron chi connectivity index (χ3n) is 4.05. The van der Waals surface area contributed by atoms with Gasteiger partial charge in [-0.2, -0.15) is 5.10 Å². The van der Waals surface area contributed by atoms with E-state index in [0.29, 0.717) is 40.0 Å². The second kappa shape index (κ2) is 9.50. The first kappa shape index (κ1) is 20.9. The maximum atomic E-state index is 12.5. The lowest BCUT2D eigenvalue weighted by Gasteiger charge is -2.13. The highest BCUT2D eigenvalue weighted by Gasteiger charge is 2.17. The highest BCUT2D eigenvalue weighted by atomic mass is 16.5. The second-order valence-electron chi connectivity index (χ2n) is 5.62. The Bertz CT molecular complexity index is 854. The fourth-order valence-corrected chi connectivity index (χ4v) is 2.57. The Labute approximate surface area is 164 Å². The first-order valence-electron chi connectivity index (χ1n) is 8.36. The van der Waals surface area contributed by atoms with Crippen LogP contribution in [0.2, 0.25) is 0 Å². The molecule has 0 spiro atoms. The van der Waals surface area contributed by atoms with Crippen LogP contribution < -0.4 is 29.1 Å². The lowest BCUT2D eigenvalue weighted by atomic mass is 10.1. The van der Waals surface area contributed by atoms with Gasteiger partial charge in [0.25, 0.3) is 5.91 Å². The van der Waals surface area contributed by atoms with Crippen LogP contribution >= 0.6 is 0 Å². The molecule has 0 radical (unpaired) electrons. The quantitative estimate of drug-likeness (QED) is 0.553. The summed E-state index contributed by atoms with van der Waals surface area (Å²) in [6.07, 6.45) is 0. The molecule has 0 saturated carbocycles. The molecular weight excluding hydrogens is 364 g/mol. The molecule has 0 aliphatic heterocycles. The predicted octanol–water partition coefficient (Wildman–Crippen LogP) is 2.88. The van der Waals surface area contributed by atoms with Gasteiger partial charge >= 0.3 is 0 Å². The number of hydrogen-bond donors (Lipinski definition) is 1. The zero-order chi connectivity index (χ0) is 20.7. The summed E-state index contributed by atoms with van der Waals surface area (Å²) in [5, 5.41) is 4.17. The number of ether oxygens (including phenoxy) is 5. The molecule has 0 saturated heterocycles. The summed E-state index contributed by atoms with van der Waals surface area (Å²) >= 11 is 0. The number of hydrogen-bond acceptors (Lipinski definition) is 7. The van der Waals surface area contributed by atoms with Gasteiger partial charge in [0.2, 0.25) is 5.75 Å². The van der Waals surface area contributed by atoms with Crippen LogP contribution in [0.3, 0.4) is 0 Å². The summed E-state index contributed by atoms with van der Waals surface area (Å²) in [6, 6.07) is 8.44. The van der Waals surface area contributed by atoms with E-state index in [9.17, 15) is 4.79 Å². The molecule has 8 heteroatoms. The van der Waals surface area contributed by atoms with Crippen molar-refractivity contribution in [2.75, 3.05) is 35.5 Å². The molecule has 0 atom stereocenters. The summed E-state index contributed by atoms with van der Waals surface area (Å²) in [4.78, 5) is 12.5. The molecule has 2 aromatic carbocycles. The van der Waals surface area contributed by atoms with Crippen LogP contribution in [-0.4, -0.2) is 47.2 Å². The number of amides is 1. The number of nitrogens with zero attached hydrogens (tertiary/aromatic N) is 1. The van der Waals surface area contributed by atoms with Crippen molar-refractivity contribution in [3.63, 3.8) is 0 Å².